The largest absolute Gasteiger partial charge is 0.272 e. The molecule has 7 heteroatoms. The fourth-order valence-electron chi connectivity index (χ4n) is 2.06. The van der Waals surface area contributed by atoms with Crippen molar-refractivity contribution in [3.63, 3.8) is 0 Å². The molecule has 0 amide bonds. The van der Waals surface area contributed by atoms with E-state index in [0.717, 1.165) is 23.2 Å². The molecule has 0 unspecified atom stereocenters. The minimum absolute atomic E-state index is 0.162. The molecule has 0 spiro atoms. The van der Waals surface area contributed by atoms with E-state index in [4.69, 9.17) is 0 Å². The van der Waals surface area contributed by atoms with Crippen LogP contribution in [0.2, 0.25) is 0 Å². The zero-order valence-electron chi connectivity index (χ0n) is 12.5. The van der Waals surface area contributed by atoms with Crippen molar-refractivity contribution in [3.05, 3.63) is 36.7 Å². The van der Waals surface area contributed by atoms with Gasteiger partial charge in [0.1, 0.15) is 30.0 Å². The Hall–Kier alpha value is -2.57. The van der Waals surface area contributed by atoms with Gasteiger partial charge in [0.05, 0.1) is 5.54 Å². The summed E-state index contributed by atoms with van der Waals surface area (Å²) in [4.78, 5) is 9.15. The highest BCUT2D eigenvalue weighted by Crippen LogP contribution is 2.23. The van der Waals surface area contributed by atoms with Crippen molar-refractivity contribution in [2.24, 2.45) is 0 Å². The first kappa shape index (κ1) is 13.4. The minimum Gasteiger partial charge on any atom is -0.272 e. The number of pyridine rings is 1. The predicted molar refractivity (Wildman–Crippen MR) is 77.9 cm³/mol. The molecule has 0 aliphatic heterocycles. The van der Waals surface area contributed by atoms with E-state index in [9.17, 15) is 0 Å². The van der Waals surface area contributed by atoms with Crippen molar-refractivity contribution in [2.45, 2.75) is 33.2 Å². The van der Waals surface area contributed by atoms with Crippen molar-refractivity contribution in [1.29, 1.82) is 0 Å². The minimum atomic E-state index is -0.162. The maximum atomic E-state index is 4.63. The van der Waals surface area contributed by atoms with E-state index < -0.39 is 0 Å². The summed E-state index contributed by atoms with van der Waals surface area (Å²) in [6.45, 7) is 8.16. The highest BCUT2D eigenvalue weighted by Gasteiger charge is 2.21. The molecule has 0 aromatic carbocycles. The van der Waals surface area contributed by atoms with Crippen molar-refractivity contribution >= 4 is 0 Å². The summed E-state index contributed by atoms with van der Waals surface area (Å²) >= 11 is 0. The number of aryl methyl sites for hydroxylation is 1. The van der Waals surface area contributed by atoms with Crippen LogP contribution in [0.1, 0.15) is 26.6 Å². The molecule has 21 heavy (non-hydrogen) atoms. The molecule has 7 nitrogen and oxygen atoms in total. The number of hydrogen-bond donors (Lipinski definition) is 0. The molecule has 3 aromatic rings. The van der Waals surface area contributed by atoms with E-state index in [1.165, 1.54) is 0 Å². The Kier molecular flexibility index (Phi) is 3.04. The van der Waals surface area contributed by atoms with Gasteiger partial charge in [-0.15, -0.1) is 10.2 Å². The summed E-state index contributed by atoms with van der Waals surface area (Å²) in [7, 11) is 0. The van der Waals surface area contributed by atoms with Gasteiger partial charge in [-0.25, -0.2) is 14.6 Å². The standard InChI is InChI=1S/C14H17N7/c1-10-17-13(21(19-10)14(2,3)4)11-6-5-7-12(18-11)20-8-15-16-9-20/h5-9H,1-4H3. The van der Waals surface area contributed by atoms with Crippen LogP contribution in [0.25, 0.3) is 17.3 Å². The van der Waals surface area contributed by atoms with Crippen LogP contribution in [0.3, 0.4) is 0 Å². The molecule has 0 saturated carbocycles. The lowest BCUT2D eigenvalue weighted by Gasteiger charge is -2.21. The lowest BCUT2D eigenvalue weighted by molar-refractivity contribution is 0.357. The van der Waals surface area contributed by atoms with E-state index in [0.29, 0.717) is 0 Å². The molecule has 0 aliphatic rings. The highest BCUT2D eigenvalue weighted by atomic mass is 15.4. The van der Waals surface area contributed by atoms with Gasteiger partial charge in [0.25, 0.3) is 0 Å². The number of nitrogens with zero attached hydrogens (tertiary/aromatic N) is 7. The third kappa shape index (κ3) is 2.54. The Labute approximate surface area is 122 Å². The van der Waals surface area contributed by atoms with Crippen LogP contribution >= 0.6 is 0 Å². The van der Waals surface area contributed by atoms with Crippen molar-refractivity contribution in [3.8, 4) is 17.3 Å². The van der Waals surface area contributed by atoms with Crippen LogP contribution < -0.4 is 0 Å². The normalized spacial score (nSPS) is 11.8. The van der Waals surface area contributed by atoms with Gasteiger partial charge in [-0.3, -0.25) is 4.57 Å². The maximum Gasteiger partial charge on any atom is 0.177 e. The van der Waals surface area contributed by atoms with Gasteiger partial charge in [-0.05, 0) is 39.8 Å². The number of aromatic nitrogens is 7. The summed E-state index contributed by atoms with van der Waals surface area (Å²) in [5.41, 5.74) is 0.613. The smallest absolute Gasteiger partial charge is 0.177 e. The molecular weight excluding hydrogens is 266 g/mol. The molecule has 3 aromatic heterocycles. The van der Waals surface area contributed by atoms with E-state index in [1.807, 2.05) is 29.8 Å². The van der Waals surface area contributed by atoms with Crippen LogP contribution in [0.5, 0.6) is 0 Å². The molecule has 0 bridgehead atoms. The van der Waals surface area contributed by atoms with Crippen molar-refractivity contribution in [2.75, 3.05) is 0 Å². The molecule has 3 rings (SSSR count). The van der Waals surface area contributed by atoms with Gasteiger partial charge in [0.15, 0.2) is 5.82 Å². The summed E-state index contributed by atoms with van der Waals surface area (Å²) < 4.78 is 3.66. The Balaban J connectivity index is 2.12. The Morgan fingerprint density at radius 2 is 1.71 bits per heavy atom. The van der Waals surface area contributed by atoms with Gasteiger partial charge in [0.2, 0.25) is 0 Å². The second-order valence-corrected chi connectivity index (χ2v) is 5.82. The summed E-state index contributed by atoms with van der Waals surface area (Å²) in [5.74, 6) is 2.24. The van der Waals surface area contributed by atoms with E-state index in [-0.39, 0.29) is 5.54 Å². The summed E-state index contributed by atoms with van der Waals surface area (Å²) in [6, 6.07) is 5.77. The van der Waals surface area contributed by atoms with Gasteiger partial charge in [-0.2, -0.15) is 5.10 Å². The first-order valence-corrected chi connectivity index (χ1v) is 6.72. The molecule has 0 aliphatic carbocycles. The van der Waals surface area contributed by atoms with E-state index in [1.54, 1.807) is 17.2 Å². The lowest BCUT2D eigenvalue weighted by Crippen LogP contribution is -2.24. The van der Waals surface area contributed by atoms with Crippen molar-refractivity contribution < 1.29 is 0 Å². The molecular formula is C14H17N7. The van der Waals surface area contributed by atoms with Crippen LogP contribution in [0.15, 0.2) is 30.9 Å². The predicted octanol–water partition coefficient (Wildman–Crippen LogP) is 1.98. The van der Waals surface area contributed by atoms with Gasteiger partial charge in [-0.1, -0.05) is 6.07 Å². The first-order valence-electron chi connectivity index (χ1n) is 6.72. The lowest BCUT2D eigenvalue weighted by atomic mass is 10.1. The SMILES string of the molecule is Cc1nc(-c2cccc(-n3cnnc3)n2)n(C(C)(C)C)n1. The Morgan fingerprint density at radius 1 is 1.00 bits per heavy atom. The van der Waals surface area contributed by atoms with Crippen LogP contribution in [0.4, 0.5) is 0 Å². The Bertz CT molecular complexity index is 750. The molecule has 3 heterocycles. The van der Waals surface area contributed by atoms with Crippen molar-refractivity contribution in [1.82, 2.24) is 34.5 Å². The highest BCUT2D eigenvalue weighted by molar-refractivity contribution is 5.51. The summed E-state index contributed by atoms with van der Waals surface area (Å²) in [6.07, 6.45) is 3.23. The van der Waals surface area contributed by atoms with E-state index in [2.05, 4.69) is 46.0 Å². The molecule has 0 fully saturated rings. The van der Waals surface area contributed by atoms with Gasteiger partial charge < -0.3 is 0 Å². The van der Waals surface area contributed by atoms with Crippen LogP contribution in [-0.2, 0) is 5.54 Å². The zero-order chi connectivity index (χ0) is 15.0. The van der Waals surface area contributed by atoms with Crippen LogP contribution in [-0.4, -0.2) is 34.5 Å². The molecule has 0 saturated heterocycles. The second kappa shape index (κ2) is 4.76. The first-order chi connectivity index (χ1) is 9.95. The molecule has 0 atom stereocenters. The molecule has 108 valence electrons. The monoisotopic (exact) mass is 283 g/mol. The van der Waals surface area contributed by atoms with Gasteiger partial charge >= 0.3 is 0 Å². The van der Waals surface area contributed by atoms with E-state index >= 15 is 0 Å². The maximum absolute atomic E-state index is 4.63. The average Bonchev–Trinajstić information content (AvgIpc) is 3.07. The Morgan fingerprint density at radius 3 is 2.38 bits per heavy atom. The molecule has 0 N–H and O–H groups in total. The topological polar surface area (TPSA) is 74.3 Å². The van der Waals surface area contributed by atoms with Gasteiger partial charge in [0, 0.05) is 0 Å². The fourth-order valence-corrected chi connectivity index (χ4v) is 2.06. The number of rotatable bonds is 2. The zero-order valence-corrected chi connectivity index (χ0v) is 12.5. The summed E-state index contributed by atoms with van der Waals surface area (Å²) in [5, 5.41) is 12.1. The third-order valence-electron chi connectivity index (χ3n) is 3.00. The third-order valence-corrected chi connectivity index (χ3v) is 3.00. The second-order valence-electron chi connectivity index (χ2n) is 5.82. The molecule has 0 radical (unpaired) electrons. The number of hydrogen-bond acceptors (Lipinski definition) is 5. The fraction of sp³-hybridized carbons (Fsp3) is 0.357. The van der Waals surface area contributed by atoms with Crippen LogP contribution in [0, 0.1) is 6.92 Å². The quantitative estimate of drug-likeness (QED) is 0.719. The average molecular weight is 283 g/mol.